The second-order valence-electron chi connectivity index (χ2n) is 5.56. The van der Waals surface area contributed by atoms with Crippen molar-refractivity contribution in [1.29, 1.82) is 0 Å². The normalized spacial score (nSPS) is 12.4. The van der Waals surface area contributed by atoms with E-state index in [1.807, 2.05) is 18.2 Å². The van der Waals surface area contributed by atoms with Crippen molar-refractivity contribution in [3.8, 4) is 0 Å². The van der Waals surface area contributed by atoms with Crippen molar-refractivity contribution in [1.82, 2.24) is 20.0 Å². The third kappa shape index (κ3) is 5.12. The fraction of sp³-hybridized carbons (Fsp3) is 0.375. The van der Waals surface area contributed by atoms with Gasteiger partial charge in [0, 0.05) is 51.0 Å². The van der Waals surface area contributed by atoms with Gasteiger partial charge in [-0.05, 0) is 17.7 Å². The van der Waals surface area contributed by atoms with Crippen LogP contribution in [0.2, 0.25) is 5.02 Å². The molecule has 0 atom stereocenters. The molecule has 9 heteroatoms. The second-order valence-corrected chi connectivity index (χ2v) is 6.00. The first-order valence-corrected chi connectivity index (χ1v) is 7.84. The zero-order valence-electron chi connectivity index (χ0n) is 14.1. The number of nitrogens with one attached hydrogen (secondary N) is 1. The van der Waals surface area contributed by atoms with Gasteiger partial charge in [-0.1, -0.05) is 23.7 Å². The first-order valence-electron chi connectivity index (χ1n) is 7.46. The van der Waals surface area contributed by atoms with Crippen LogP contribution in [0.1, 0.15) is 16.8 Å². The van der Waals surface area contributed by atoms with E-state index in [1.165, 1.54) is 13.2 Å². The number of benzene rings is 1. The van der Waals surface area contributed by atoms with Gasteiger partial charge in [0.2, 0.25) is 0 Å². The second kappa shape index (κ2) is 7.77. The van der Waals surface area contributed by atoms with Gasteiger partial charge in [0.1, 0.15) is 0 Å². The van der Waals surface area contributed by atoms with E-state index in [0.29, 0.717) is 17.5 Å². The van der Waals surface area contributed by atoms with Gasteiger partial charge in [0.15, 0.2) is 11.7 Å². The summed E-state index contributed by atoms with van der Waals surface area (Å²) >= 11 is 5.97. The molecule has 0 bridgehead atoms. The van der Waals surface area contributed by atoms with Gasteiger partial charge in [0.05, 0.1) is 0 Å². The molecular formula is C16H19ClF3N5. The van der Waals surface area contributed by atoms with Crippen molar-refractivity contribution in [2.24, 2.45) is 12.0 Å². The maximum atomic E-state index is 13.0. The first kappa shape index (κ1) is 19.1. The quantitative estimate of drug-likeness (QED) is 0.660. The summed E-state index contributed by atoms with van der Waals surface area (Å²) in [6.07, 6.45) is -3.14. The monoisotopic (exact) mass is 373 g/mol. The zero-order chi connectivity index (χ0) is 18.6. The van der Waals surface area contributed by atoms with E-state index in [0.717, 1.165) is 10.2 Å². The Morgan fingerprint density at radius 1 is 1.40 bits per heavy atom. The van der Waals surface area contributed by atoms with E-state index in [-0.39, 0.29) is 12.1 Å². The van der Waals surface area contributed by atoms with Gasteiger partial charge in [-0.15, -0.1) is 0 Å². The molecule has 1 heterocycles. The Morgan fingerprint density at radius 2 is 2.12 bits per heavy atom. The summed E-state index contributed by atoms with van der Waals surface area (Å²) in [5.74, 6) is 0.469. The minimum absolute atomic E-state index is 0.0325. The third-order valence-corrected chi connectivity index (χ3v) is 3.73. The van der Waals surface area contributed by atoms with Crippen LogP contribution >= 0.6 is 11.6 Å². The molecule has 1 aromatic carbocycles. The average Bonchev–Trinajstić information content (AvgIpc) is 2.89. The highest BCUT2D eigenvalue weighted by Crippen LogP contribution is 2.30. The lowest BCUT2D eigenvalue weighted by Crippen LogP contribution is -2.38. The molecule has 136 valence electrons. The van der Waals surface area contributed by atoms with Gasteiger partial charge in [-0.25, -0.2) is 0 Å². The van der Waals surface area contributed by atoms with Gasteiger partial charge >= 0.3 is 6.18 Å². The summed E-state index contributed by atoms with van der Waals surface area (Å²) in [7, 11) is 4.83. The summed E-state index contributed by atoms with van der Waals surface area (Å²) in [6.45, 7) is 0.481. The fourth-order valence-corrected chi connectivity index (χ4v) is 2.66. The number of aromatic nitrogens is 2. The van der Waals surface area contributed by atoms with E-state index in [1.54, 1.807) is 25.1 Å². The lowest BCUT2D eigenvalue weighted by molar-refractivity contribution is -0.142. The Bertz CT molecular complexity index is 754. The van der Waals surface area contributed by atoms with Crippen molar-refractivity contribution < 1.29 is 13.2 Å². The van der Waals surface area contributed by atoms with Crippen molar-refractivity contribution in [3.63, 3.8) is 0 Å². The van der Waals surface area contributed by atoms with E-state index in [9.17, 15) is 13.2 Å². The lowest BCUT2D eigenvalue weighted by Gasteiger charge is -2.22. The van der Waals surface area contributed by atoms with Gasteiger partial charge in [0.25, 0.3) is 0 Å². The average molecular weight is 374 g/mol. The molecule has 0 aliphatic carbocycles. The minimum atomic E-state index is -4.49. The van der Waals surface area contributed by atoms with Gasteiger partial charge in [-0.3, -0.25) is 9.67 Å². The summed E-state index contributed by atoms with van der Waals surface area (Å²) in [5.41, 5.74) is 0.137. The molecule has 5 nitrogen and oxygen atoms in total. The Labute approximate surface area is 149 Å². The van der Waals surface area contributed by atoms with Crippen LogP contribution in [0, 0.1) is 0 Å². The molecule has 1 aromatic heterocycles. The number of alkyl halides is 3. The molecule has 0 radical (unpaired) electrons. The molecule has 2 rings (SSSR count). The molecule has 25 heavy (non-hydrogen) atoms. The molecule has 0 unspecified atom stereocenters. The predicted octanol–water partition coefficient (Wildman–Crippen LogP) is 3.30. The SMILES string of the molecule is CN=C(NCc1cn(C)nc1C(F)(F)F)N(C)Cc1cccc(Cl)c1. The number of aliphatic imine (C=N–C) groups is 1. The molecule has 0 aliphatic heterocycles. The Hall–Kier alpha value is -2.22. The Morgan fingerprint density at radius 3 is 2.72 bits per heavy atom. The number of nitrogens with zero attached hydrogens (tertiary/aromatic N) is 4. The molecule has 0 fully saturated rings. The molecule has 2 aromatic rings. The van der Waals surface area contributed by atoms with Crippen LogP contribution in [0.5, 0.6) is 0 Å². The van der Waals surface area contributed by atoms with Crippen LogP contribution in [-0.4, -0.2) is 34.7 Å². The predicted molar refractivity (Wildman–Crippen MR) is 91.3 cm³/mol. The maximum absolute atomic E-state index is 13.0. The number of rotatable bonds is 4. The third-order valence-electron chi connectivity index (χ3n) is 3.49. The molecular weight excluding hydrogens is 355 g/mol. The van der Waals surface area contributed by atoms with Crippen LogP contribution in [0.15, 0.2) is 35.5 Å². The van der Waals surface area contributed by atoms with Crippen LogP contribution in [0.25, 0.3) is 0 Å². The Kier molecular flexibility index (Phi) is 5.94. The van der Waals surface area contributed by atoms with Crippen molar-refractivity contribution >= 4 is 17.6 Å². The first-order chi connectivity index (χ1) is 11.7. The summed E-state index contributed by atoms with van der Waals surface area (Å²) in [6, 6.07) is 7.36. The summed E-state index contributed by atoms with van der Waals surface area (Å²) in [5, 5.41) is 7.05. The van der Waals surface area contributed by atoms with Crippen molar-refractivity contribution in [3.05, 3.63) is 52.3 Å². The van der Waals surface area contributed by atoms with Gasteiger partial charge in [-0.2, -0.15) is 18.3 Å². The van der Waals surface area contributed by atoms with Crippen LogP contribution in [0.4, 0.5) is 13.2 Å². The summed E-state index contributed by atoms with van der Waals surface area (Å²) < 4.78 is 40.1. The van der Waals surface area contributed by atoms with Crippen LogP contribution < -0.4 is 5.32 Å². The number of guanidine groups is 1. The minimum Gasteiger partial charge on any atom is -0.352 e. The molecule has 0 amide bonds. The van der Waals surface area contributed by atoms with Crippen LogP contribution in [-0.2, 0) is 26.3 Å². The molecule has 0 saturated heterocycles. The number of hydrogen-bond acceptors (Lipinski definition) is 2. The zero-order valence-corrected chi connectivity index (χ0v) is 14.9. The standard InChI is InChI=1S/C16H19ClF3N5/c1-21-15(24(2)9-11-5-4-6-13(17)7-11)22-8-12-10-25(3)23-14(12)16(18,19)20/h4-7,10H,8-9H2,1-3H3,(H,21,22). The van der Waals surface area contributed by atoms with Gasteiger partial charge < -0.3 is 10.2 Å². The largest absolute Gasteiger partial charge is 0.435 e. The smallest absolute Gasteiger partial charge is 0.352 e. The lowest BCUT2D eigenvalue weighted by atomic mass is 10.2. The topological polar surface area (TPSA) is 45.5 Å². The molecule has 0 aliphatic rings. The van der Waals surface area contributed by atoms with Crippen molar-refractivity contribution in [2.75, 3.05) is 14.1 Å². The van der Waals surface area contributed by atoms with E-state index in [2.05, 4.69) is 15.4 Å². The number of hydrogen-bond donors (Lipinski definition) is 1. The number of aryl methyl sites for hydroxylation is 1. The highest BCUT2D eigenvalue weighted by molar-refractivity contribution is 6.30. The fourth-order valence-electron chi connectivity index (χ4n) is 2.45. The maximum Gasteiger partial charge on any atom is 0.435 e. The number of halogens is 4. The van der Waals surface area contributed by atoms with E-state index >= 15 is 0 Å². The van der Waals surface area contributed by atoms with E-state index < -0.39 is 11.9 Å². The Balaban J connectivity index is 2.06. The highest BCUT2D eigenvalue weighted by Gasteiger charge is 2.36. The highest BCUT2D eigenvalue weighted by atomic mass is 35.5. The molecule has 1 N–H and O–H groups in total. The van der Waals surface area contributed by atoms with Crippen LogP contribution in [0.3, 0.4) is 0 Å². The molecule has 0 saturated carbocycles. The molecule has 0 spiro atoms. The summed E-state index contributed by atoms with van der Waals surface area (Å²) in [4.78, 5) is 5.91. The van der Waals surface area contributed by atoms with E-state index in [4.69, 9.17) is 11.6 Å². The van der Waals surface area contributed by atoms with Crippen molar-refractivity contribution in [2.45, 2.75) is 19.3 Å².